The number of amides is 3. The molecular formula is C22H27N3O6. The number of hydrogen-bond donors (Lipinski definition) is 1. The monoisotopic (exact) mass is 429 g/mol. The fourth-order valence-corrected chi connectivity index (χ4v) is 4.45. The summed E-state index contributed by atoms with van der Waals surface area (Å²) in [5.74, 6) is 0.772. The summed E-state index contributed by atoms with van der Waals surface area (Å²) in [7, 11) is 0. The minimum absolute atomic E-state index is 0.0685. The molecule has 2 aliphatic heterocycles. The Morgan fingerprint density at radius 1 is 1.23 bits per heavy atom. The van der Waals surface area contributed by atoms with Crippen LogP contribution in [0.15, 0.2) is 30.5 Å². The summed E-state index contributed by atoms with van der Waals surface area (Å²) >= 11 is 0. The molecule has 2 heterocycles. The van der Waals surface area contributed by atoms with Gasteiger partial charge in [-0.1, -0.05) is 31.8 Å². The second-order valence-electron chi connectivity index (χ2n) is 8.14. The van der Waals surface area contributed by atoms with Crippen LogP contribution in [0.5, 0.6) is 11.5 Å². The van der Waals surface area contributed by atoms with Crippen LogP contribution in [0.25, 0.3) is 0 Å². The van der Waals surface area contributed by atoms with E-state index >= 15 is 0 Å². The molecule has 1 unspecified atom stereocenters. The molecule has 1 N–H and O–H groups in total. The van der Waals surface area contributed by atoms with E-state index in [0.717, 1.165) is 25.7 Å². The van der Waals surface area contributed by atoms with E-state index in [1.165, 1.54) is 10.0 Å². The zero-order chi connectivity index (χ0) is 21.8. The van der Waals surface area contributed by atoms with Gasteiger partial charge in [0, 0.05) is 18.3 Å². The SMILES string of the molecule is O=CN(O)C(CC(=O)N1C=CCCN1C(=O)c1ccc2c(c1)OCO2)CC1CCCC1. The number of nitrogens with zero attached hydrogens (tertiary/aromatic N) is 3. The summed E-state index contributed by atoms with van der Waals surface area (Å²) in [4.78, 5) is 37.5. The highest BCUT2D eigenvalue weighted by Crippen LogP contribution is 2.33. The summed E-state index contributed by atoms with van der Waals surface area (Å²) in [6.45, 7) is 0.458. The van der Waals surface area contributed by atoms with Crippen molar-refractivity contribution in [1.82, 2.24) is 15.1 Å². The van der Waals surface area contributed by atoms with E-state index in [4.69, 9.17) is 9.47 Å². The maximum absolute atomic E-state index is 13.2. The second kappa shape index (κ2) is 9.38. The smallest absolute Gasteiger partial charge is 0.272 e. The van der Waals surface area contributed by atoms with Gasteiger partial charge in [-0.15, -0.1) is 0 Å². The zero-order valence-corrected chi connectivity index (χ0v) is 17.3. The average Bonchev–Trinajstić information content (AvgIpc) is 3.48. The standard InChI is InChI=1S/C22H27N3O6/c26-14-25(29)18(11-16-5-1-2-6-16)13-21(27)23-9-3-4-10-24(23)22(28)17-7-8-19-20(12-17)31-15-30-19/h3,7-9,12,14,16,18,29H,1-2,4-6,10-11,13,15H2. The van der Waals surface area contributed by atoms with Gasteiger partial charge in [0.1, 0.15) is 0 Å². The highest BCUT2D eigenvalue weighted by Gasteiger charge is 2.32. The molecule has 3 amide bonds. The first-order valence-corrected chi connectivity index (χ1v) is 10.7. The van der Waals surface area contributed by atoms with E-state index < -0.39 is 6.04 Å². The lowest BCUT2D eigenvalue weighted by Crippen LogP contribution is -2.50. The van der Waals surface area contributed by atoms with Crippen LogP contribution in [0.3, 0.4) is 0 Å². The summed E-state index contributed by atoms with van der Waals surface area (Å²) in [6, 6.07) is 4.30. The Morgan fingerprint density at radius 3 is 2.77 bits per heavy atom. The van der Waals surface area contributed by atoms with Gasteiger partial charge in [0.2, 0.25) is 19.1 Å². The molecule has 1 atom stereocenters. The van der Waals surface area contributed by atoms with Crippen LogP contribution < -0.4 is 9.47 Å². The molecule has 0 spiro atoms. The number of carbonyl (C=O) groups excluding carboxylic acids is 3. The van der Waals surface area contributed by atoms with E-state index in [2.05, 4.69) is 0 Å². The molecule has 1 saturated carbocycles. The van der Waals surface area contributed by atoms with Gasteiger partial charge in [-0.25, -0.2) is 15.1 Å². The van der Waals surface area contributed by atoms with Crippen LogP contribution in [0, 0.1) is 5.92 Å². The van der Waals surface area contributed by atoms with Gasteiger partial charge in [0.05, 0.1) is 12.5 Å². The Hall–Kier alpha value is -3.07. The molecule has 3 aliphatic rings. The number of hydrogen-bond acceptors (Lipinski definition) is 6. The molecule has 4 rings (SSSR count). The van der Waals surface area contributed by atoms with E-state index in [0.29, 0.717) is 53.8 Å². The molecule has 0 radical (unpaired) electrons. The van der Waals surface area contributed by atoms with Crippen molar-refractivity contribution in [2.75, 3.05) is 13.3 Å². The highest BCUT2D eigenvalue weighted by molar-refractivity contribution is 5.96. The van der Waals surface area contributed by atoms with Crippen LogP contribution in [-0.2, 0) is 9.59 Å². The van der Waals surface area contributed by atoms with Gasteiger partial charge < -0.3 is 9.47 Å². The van der Waals surface area contributed by atoms with Crippen molar-refractivity contribution in [2.45, 2.75) is 51.0 Å². The highest BCUT2D eigenvalue weighted by atomic mass is 16.7. The van der Waals surface area contributed by atoms with Crippen molar-refractivity contribution < 1.29 is 29.1 Å². The number of hydrazine groups is 1. The molecule has 9 nitrogen and oxygen atoms in total. The number of ether oxygens (including phenoxy) is 2. The fraction of sp³-hybridized carbons (Fsp3) is 0.500. The molecule has 31 heavy (non-hydrogen) atoms. The van der Waals surface area contributed by atoms with Gasteiger partial charge in [-0.05, 0) is 37.0 Å². The van der Waals surface area contributed by atoms with Crippen LogP contribution in [0.1, 0.15) is 55.3 Å². The molecule has 9 heteroatoms. The first kappa shape index (κ1) is 21.2. The topological polar surface area (TPSA) is 99.6 Å². The van der Waals surface area contributed by atoms with Crippen LogP contribution in [0.4, 0.5) is 0 Å². The summed E-state index contributed by atoms with van der Waals surface area (Å²) < 4.78 is 10.6. The molecule has 1 aliphatic carbocycles. The van der Waals surface area contributed by atoms with Crippen molar-refractivity contribution in [3.8, 4) is 11.5 Å². The molecule has 0 saturated heterocycles. The number of rotatable bonds is 7. The first-order valence-electron chi connectivity index (χ1n) is 10.7. The van der Waals surface area contributed by atoms with Crippen molar-refractivity contribution in [3.63, 3.8) is 0 Å². The Labute approximate surface area is 180 Å². The predicted octanol–water partition coefficient (Wildman–Crippen LogP) is 2.71. The van der Waals surface area contributed by atoms with Crippen molar-refractivity contribution in [3.05, 3.63) is 36.0 Å². The van der Waals surface area contributed by atoms with Gasteiger partial charge in [-0.2, -0.15) is 0 Å². The minimum atomic E-state index is -0.620. The molecular weight excluding hydrogens is 402 g/mol. The molecule has 1 fully saturated rings. The molecule has 1 aromatic carbocycles. The van der Waals surface area contributed by atoms with Crippen LogP contribution in [0.2, 0.25) is 0 Å². The van der Waals surface area contributed by atoms with Gasteiger partial charge in [0.25, 0.3) is 5.91 Å². The minimum Gasteiger partial charge on any atom is -0.454 e. The third-order valence-corrected chi connectivity index (χ3v) is 6.10. The lowest BCUT2D eigenvalue weighted by Gasteiger charge is -2.36. The van der Waals surface area contributed by atoms with Gasteiger partial charge in [0.15, 0.2) is 11.5 Å². The summed E-state index contributed by atoms with van der Waals surface area (Å²) in [5.41, 5.74) is 0.386. The van der Waals surface area contributed by atoms with Crippen molar-refractivity contribution >= 4 is 18.2 Å². The Morgan fingerprint density at radius 2 is 2.00 bits per heavy atom. The summed E-state index contributed by atoms with van der Waals surface area (Å²) in [5, 5.41) is 13.3. The number of hydroxylamine groups is 2. The Balaban J connectivity index is 1.48. The predicted molar refractivity (Wildman–Crippen MR) is 109 cm³/mol. The number of carbonyl (C=O) groups is 3. The lowest BCUT2D eigenvalue weighted by atomic mass is 9.96. The van der Waals surface area contributed by atoms with Gasteiger partial charge >= 0.3 is 0 Å². The van der Waals surface area contributed by atoms with E-state index in [9.17, 15) is 19.6 Å². The Kier molecular flexibility index (Phi) is 6.41. The van der Waals surface area contributed by atoms with Crippen LogP contribution >= 0.6 is 0 Å². The van der Waals surface area contributed by atoms with E-state index in [-0.39, 0.29) is 25.0 Å². The second-order valence-corrected chi connectivity index (χ2v) is 8.14. The molecule has 166 valence electrons. The van der Waals surface area contributed by atoms with E-state index in [1.54, 1.807) is 24.4 Å². The zero-order valence-electron chi connectivity index (χ0n) is 17.3. The third kappa shape index (κ3) is 4.66. The normalized spacial score (nSPS) is 18.9. The van der Waals surface area contributed by atoms with Crippen LogP contribution in [-0.4, -0.2) is 57.9 Å². The number of benzene rings is 1. The molecule has 1 aromatic rings. The maximum atomic E-state index is 13.2. The lowest BCUT2D eigenvalue weighted by molar-refractivity contribution is -0.166. The van der Waals surface area contributed by atoms with Gasteiger partial charge in [-0.3, -0.25) is 19.6 Å². The molecule has 0 bridgehead atoms. The van der Waals surface area contributed by atoms with Crippen molar-refractivity contribution in [1.29, 1.82) is 0 Å². The average molecular weight is 429 g/mol. The third-order valence-electron chi connectivity index (χ3n) is 6.10. The van der Waals surface area contributed by atoms with E-state index in [1.807, 2.05) is 6.08 Å². The first-order chi connectivity index (χ1) is 15.1. The largest absolute Gasteiger partial charge is 0.454 e. The fourth-order valence-electron chi connectivity index (χ4n) is 4.45. The Bertz CT molecular complexity index is 867. The molecule has 0 aromatic heterocycles. The van der Waals surface area contributed by atoms with Crippen molar-refractivity contribution in [2.24, 2.45) is 5.92 Å². The quantitative estimate of drug-likeness (QED) is 0.406. The number of fused-ring (bicyclic) bond motifs is 1. The maximum Gasteiger partial charge on any atom is 0.272 e. The summed E-state index contributed by atoms with van der Waals surface area (Å²) in [6.07, 6.45) is 9.19.